The summed E-state index contributed by atoms with van der Waals surface area (Å²) in [5, 5.41) is 2.52. The van der Waals surface area contributed by atoms with Crippen LogP contribution in [0.3, 0.4) is 0 Å². The summed E-state index contributed by atoms with van der Waals surface area (Å²) in [7, 11) is -3.86. The maximum Gasteiger partial charge on any atom is 0.416 e. The van der Waals surface area contributed by atoms with Crippen molar-refractivity contribution in [2.24, 2.45) is 0 Å². The molecule has 31 heavy (non-hydrogen) atoms. The number of anilines is 2. The zero-order valence-corrected chi connectivity index (χ0v) is 17.4. The van der Waals surface area contributed by atoms with Gasteiger partial charge in [-0.1, -0.05) is 23.8 Å². The monoisotopic (exact) mass is 448 g/mol. The number of rotatable bonds is 5. The van der Waals surface area contributed by atoms with E-state index >= 15 is 0 Å². The van der Waals surface area contributed by atoms with E-state index in [9.17, 15) is 26.4 Å². The molecule has 1 amide bonds. The van der Waals surface area contributed by atoms with Gasteiger partial charge in [0.1, 0.15) is 0 Å². The minimum atomic E-state index is -4.47. The molecule has 162 valence electrons. The van der Waals surface area contributed by atoms with Gasteiger partial charge < -0.3 is 5.32 Å². The number of amides is 1. The summed E-state index contributed by atoms with van der Waals surface area (Å²) >= 11 is 0. The summed E-state index contributed by atoms with van der Waals surface area (Å²) in [6.45, 7) is 3.42. The van der Waals surface area contributed by atoms with Crippen molar-refractivity contribution in [2.45, 2.75) is 24.9 Å². The Bertz CT molecular complexity index is 1200. The molecule has 9 heteroatoms. The smallest absolute Gasteiger partial charge is 0.322 e. The maximum atomic E-state index is 12.7. The molecule has 0 aliphatic heterocycles. The number of hydrogen-bond donors (Lipinski definition) is 2. The highest BCUT2D eigenvalue weighted by molar-refractivity contribution is 7.92. The lowest BCUT2D eigenvalue weighted by Gasteiger charge is -2.14. The second kappa shape index (κ2) is 8.43. The predicted molar refractivity (Wildman–Crippen MR) is 113 cm³/mol. The van der Waals surface area contributed by atoms with Crippen molar-refractivity contribution < 1.29 is 26.4 Å². The van der Waals surface area contributed by atoms with Gasteiger partial charge in [0.15, 0.2) is 0 Å². The van der Waals surface area contributed by atoms with Crippen LogP contribution in [0, 0.1) is 13.8 Å². The lowest BCUT2D eigenvalue weighted by Crippen LogP contribution is -2.17. The summed E-state index contributed by atoms with van der Waals surface area (Å²) in [4.78, 5) is 12.7. The molecular weight excluding hydrogens is 429 g/mol. The van der Waals surface area contributed by atoms with Gasteiger partial charge in [0.2, 0.25) is 0 Å². The first-order valence-electron chi connectivity index (χ1n) is 9.15. The molecule has 0 aliphatic carbocycles. The Kier molecular flexibility index (Phi) is 6.08. The van der Waals surface area contributed by atoms with E-state index in [0.29, 0.717) is 5.56 Å². The van der Waals surface area contributed by atoms with E-state index in [-0.39, 0.29) is 21.8 Å². The summed E-state index contributed by atoms with van der Waals surface area (Å²) in [5.41, 5.74) is 1.06. The van der Waals surface area contributed by atoms with Gasteiger partial charge in [-0.3, -0.25) is 9.52 Å². The van der Waals surface area contributed by atoms with Crippen molar-refractivity contribution in [3.8, 4) is 0 Å². The Balaban J connectivity index is 1.81. The minimum absolute atomic E-state index is 0.0807. The van der Waals surface area contributed by atoms with Crippen LogP contribution in [0.25, 0.3) is 0 Å². The lowest BCUT2D eigenvalue weighted by molar-refractivity contribution is -0.137. The molecule has 3 aromatic rings. The standard InChI is InChI=1S/C22H19F3N2O3S/c1-14-6-12-18(13-7-14)31(29,30)27-20-5-3-4-19(15(20)2)21(28)26-17-10-8-16(9-11-17)22(23,24)25/h3-13,27H,1-2H3,(H,26,28). The number of carbonyl (C=O) groups is 1. The topological polar surface area (TPSA) is 75.3 Å². The number of sulfonamides is 1. The third-order valence-electron chi connectivity index (χ3n) is 4.62. The molecule has 5 nitrogen and oxygen atoms in total. The second-order valence-electron chi connectivity index (χ2n) is 6.93. The fourth-order valence-electron chi connectivity index (χ4n) is 2.85. The molecule has 0 radical (unpaired) electrons. The Morgan fingerprint density at radius 3 is 2.06 bits per heavy atom. The Morgan fingerprint density at radius 1 is 0.871 bits per heavy atom. The second-order valence-corrected chi connectivity index (χ2v) is 8.61. The summed E-state index contributed by atoms with van der Waals surface area (Å²) in [6, 6.07) is 14.9. The highest BCUT2D eigenvalue weighted by atomic mass is 32.2. The van der Waals surface area contributed by atoms with Gasteiger partial charge in [-0.15, -0.1) is 0 Å². The van der Waals surface area contributed by atoms with Crippen LogP contribution < -0.4 is 10.0 Å². The minimum Gasteiger partial charge on any atom is -0.322 e. The van der Waals surface area contributed by atoms with Gasteiger partial charge in [0, 0.05) is 11.3 Å². The van der Waals surface area contributed by atoms with Crippen LogP contribution in [0.1, 0.15) is 27.0 Å². The molecule has 3 rings (SSSR count). The van der Waals surface area contributed by atoms with Gasteiger partial charge in [0.05, 0.1) is 16.1 Å². The highest BCUT2D eigenvalue weighted by Crippen LogP contribution is 2.30. The van der Waals surface area contributed by atoms with E-state index < -0.39 is 27.7 Å². The van der Waals surface area contributed by atoms with E-state index in [4.69, 9.17) is 0 Å². The van der Waals surface area contributed by atoms with Crippen molar-refractivity contribution >= 4 is 27.3 Å². The van der Waals surface area contributed by atoms with Gasteiger partial charge in [0.25, 0.3) is 15.9 Å². The summed E-state index contributed by atoms with van der Waals surface area (Å²) in [6.07, 6.45) is -4.47. The van der Waals surface area contributed by atoms with Gasteiger partial charge >= 0.3 is 6.18 Å². The summed E-state index contributed by atoms with van der Waals surface area (Å²) < 4.78 is 65.8. The number of hydrogen-bond acceptors (Lipinski definition) is 3. The van der Waals surface area contributed by atoms with E-state index in [2.05, 4.69) is 10.0 Å². The summed E-state index contributed by atoms with van der Waals surface area (Å²) in [5.74, 6) is -0.575. The lowest BCUT2D eigenvalue weighted by atomic mass is 10.1. The molecule has 0 spiro atoms. The SMILES string of the molecule is Cc1ccc(S(=O)(=O)Nc2cccc(C(=O)Nc3ccc(C(F)(F)F)cc3)c2C)cc1. The zero-order valence-electron chi connectivity index (χ0n) is 16.6. The Morgan fingerprint density at radius 2 is 1.48 bits per heavy atom. The van der Waals surface area contributed by atoms with Crippen LogP contribution in [-0.4, -0.2) is 14.3 Å². The number of aryl methyl sites for hydroxylation is 1. The van der Waals surface area contributed by atoms with Crippen LogP contribution in [0.15, 0.2) is 71.6 Å². The number of carbonyl (C=O) groups excluding carboxylic acids is 1. The van der Waals surface area contributed by atoms with Crippen molar-refractivity contribution in [1.29, 1.82) is 0 Å². The zero-order chi connectivity index (χ0) is 22.8. The molecule has 2 N–H and O–H groups in total. The van der Waals surface area contributed by atoms with Crippen molar-refractivity contribution in [2.75, 3.05) is 10.0 Å². The molecule has 0 aromatic heterocycles. The van der Waals surface area contributed by atoms with Crippen molar-refractivity contribution in [3.05, 3.63) is 89.0 Å². The molecule has 0 saturated carbocycles. The van der Waals surface area contributed by atoms with E-state index in [1.807, 2.05) is 6.92 Å². The fraction of sp³-hybridized carbons (Fsp3) is 0.136. The predicted octanol–water partition coefficient (Wildman–Crippen LogP) is 5.38. The number of benzene rings is 3. The number of halogens is 3. The number of alkyl halides is 3. The fourth-order valence-corrected chi connectivity index (χ4v) is 3.98. The molecule has 0 fully saturated rings. The van der Waals surface area contributed by atoms with Gasteiger partial charge in [-0.2, -0.15) is 13.2 Å². The molecule has 0 bridgehead atoms. The highest BCUT2D eigenvalue weighted by Gasteiger charge is 2.30. The van der Waals surface area contributed by atoms with E-state index in [1.165, 1.54) is 30.3 Å². The first kappa shape index (κ1) is 22.4. The maximum absolute atomic E-state index is 12.7. The van der Waals surface area contributed by atoms with E-state index in [1.54, 1.807) is 19.1 Å². The van der Waals surface area contributed by atoms with Crippen LogP contribution in [0.2, 0.25) is 0 Å². The Hall–Kier alpha value is -3.33. The normalized spacial score (nSPS) is 11.8. The van der Waals surface area contributed by atoms with Gasteiger partial charge in [-0.25, -0.2) is 8.42 Å². The van der Waals surface area contributed by atoms with Crippen molar-refractivity contribution in [3.63, 3.8) is 0 Å². The third kappa shape index (κ3) is 5.24. The van der Waals surface area contributed by atoms with E-state index in [0.717, 1.165) is 29.8 Å². The molecule has 0 saturated heterocycles. The van der Waals surface area contributed by atoms with Crippen molar-refractivity contribution in [1.82, 2.24) is 0 Å². The van der Waals surface area contributed by atoms with Crippen LogP contribution in [-0.2, 0) is 16.2 Å². The largest absolute Gasteiger partial charge is 0.416 e. The van der Waals surface area contributed by atoms with Gasteiger partial charge in [-0.05, 0) is 67.9 Å². The number of nitrogens with one attached hydrogen (secondary N) is 2. The molecule has 0 unspecified atom stereocenters. The molecular formula is C22H19F3N2O3S. The molecule has 0 atom stereocenters. The molecule has 0 heterocycles. The first-order valence-corrected chi connectivity index (χ1v) is 10.6. The first-order chi connectivity index (χ1) is 14.5. The van der Waals surface area contributed by atoms with Crippen LogP contribution in [0.5, 0.6) is 0 Å². The molecule has 3 aromatic carbocycles. The average molecular weight is 448 g/mol. The Labute approximate surface area is 178 Å². The quantitative estimate of drug-likeness (QED) is 0.551. The molecule has 0 aliphatic rings. The third-order valence-corrected chi connectivity index (χ3v) is 6.01. The average Bonchev–Trinajstić information content (AvgIpc) is 2.69. The van der Waals surface area contributed by atoms with Crippen LogP contribution >= 0.6 is 0 Å². The van der Waals surface area contributed by atoms with Crippen LogP contribution in [0.4, 0.5) is 24.5 Å².